The Hall–Kier alpha value is -1.58. The van der Waals surface area contributed by atoms with Crippen molar-refractivity contribution in [1.82, 2.24) is 9.97 Å². The number of H-pyrrole nitrogens is 1. The molecule has 0 saturated heterocycles. The first-order valence-electron chi connectivity index (χ1n) is 6.66. The maximum atomic E-state index is 6.00. The fourth-order valence-corrected chi connectivity index (χ4v) is 3.24. The molecule has 2 heterocycles. The molecule has 0 spiro atoms. The standard InChI is InChI=1S/C16H15ClN2S/c1-2-6-13-15(11-7-4-3-5-8-11)19-16(18-13)14-9-12(17)10-20-14/h3-5,7-10H,2,6H2,1H3,(H,18,19). The largest absolute Gasteiger partial charge is 0.337 e. The minimum absolute atomic E-state index is 0.764. The van der Waals surface area contributed by atoms with Crippen LogP contribution in [0.3, 0.4) is 0 Å². The van der Waals surface area contributed by atoms with Crippen LogP contribution in [0.1, 0.15) is 19.0 Å². The fraction of sp³-hybridized carbons (Fsp3) is 0.188. The summed E-state index contributed by atoms with van der Waals surface area (Å²) in [5.41, 5.74) is 3.42. The number of benzene rings is 1. The highest BCUT2D eigenvalue weighted by atomic mass is 35.5. The predicted molar refractivity (Wildman–Crippen MR) is 86.3 cm³/mol. The van der Waals surface area contributed by atoms with Gasteiger partial charge in [0.2, 0.25) is 0 Å². The number of aryl methyl sites for hydroxylation is 1. The average Bonchev–Trinajstić information content (AvgIpc) is 3.07. The highest BCUT2D eigenvalue weighted by Crippen LogP contribution is 2.31. The molecule has 102 valence electrons. The Morgan fingerprint density at radius 2 is 2.05 bits per heavy atom. The van der Waals surface area contributed by atoms with E-state index in [0.717, 1.165) is 40.0 Å². The molecule has 0 radical (unpaired) electrons. The van der Waals surface area contributed by atoms with Crippen molar-refractivity contribution in [2.45, 2.75) is 19.8 Å². The van der Waals surface area contributed by atoms with E-state index in [2.05, 4.69) is 24.0 Å². The van der Waals surface area contributed by atoms with Gasteiger partial charge < -0.3 is 4.98 Å². The Balaban J connectivity index is 2.07. The average molecular weight is 303 g/mol. The number of nitrogens with zero attached hydrogens (tertiary/aromatic N) is 1. The van der Waals surface area contributed by atoms with Gasteiger partial charge in [0.05, 0.1) is 21.3 Å². The van der Waals surface area contributed by atoms with Gasteiger partial charge in [-0.05, 0) is 18.1 Å². The van der Waals surface area contributed by atoms with Crippen molar-refractivity contribution in [2.24, 2.45) is 0 Å². The number of hydrogen-bond donors (Lipinski definition) is 1. The van der Waals surface area contributed by atoms with Crippen molar-refractivity contribution in [3.63, 3.8) is 0 Å². The summed E-state index contributed by atoms with van der Waals surface area (Å²) in [4.78, 5) is 9.29. The highest BCUT2D eigenvalue weighted by Gasteiger charge is 2.13. The number of aromatic amines is 1. The van der Waals surface area contributed by atoms with Gasteiger partial charge in [-0.1, -0.05) is 55.3 Å². The lowest BCUT2D eigenvalue weighted by atomic mass is 10.1. The van der Waals surface area contributed by atoms with Crippen LogP contribution in [-0.2, 0) is 6.42 Å². The fourth-order valence-electron chi connectivity index (χ4n) is 2.22. The monoisotopic (exact) mass is 302 g/mol. The predicted octanol–water partition coefficient (Wildman–Crippen LogP) is 5.41. The number of hydrogen-bond acceptors (Lipinski definition) is 2. The zero-order chi connectivity index (χ0) is 13.9. The Morgan fingerprint density at radius 1 is 1.25 bits per heavy atom. The van der Waals surface area contributed by atoms with Gasteiger partial charge in [-0.15, -0.1) is 11.3 Å². The number of thiophene rings is 1. The van der Waals surface area contributed by atoms with Gasteiger partial charge >= 0.3 is 0 Å². The van der Waals surface area contributed by atoms with Gasteiger partial charge in [0, 0.05) is 5.38 Å². The van der Waals surface area contributed by atoms with Crippen LogP contribution in [0.4, 0.5) is 0 Å². The summed E-state index contributed by atoms with van der Waals surface area (Å²) in [6, 6.07) is 12.3. The molecular weight excluding hydrogens is 288 g/mol. The van der Waals surface area contributed by atoms with Crippen molar-refractivity contribution >= 4 is 22.9 Å². The van der Waals surface area contributed by atoms with Crippen molar-refractivity contribution in [3.8, 4) is 22.0 Å². The molecule has 0 aliphatic heterocycles. The lowest BCUT2D eigenvalue weighted by molar-refractivity contribution is 0.895. The van der Waals surface area contributed by atoms with Crippen LogP contribution in [0.15, 0.2) is 41.8 Å². The van der Waals surface area contributed by atoms with Gasteiger partial charge in [0.1, 0.15) is 5.82 Å². The van der Waals surface area contributed by atoms with Crippen LogP contribution in [-0.4, -0.2) is 9.97 Å². The normalized spacial score (nSPS) is 10.9. The van der Waals surface area contributed by atoms with Crippen molar-refractivity contribution < 1.29 is 0 Å². The van der Waals surface area contributed by atoms with E-state index in [-0.39, 0.29) is 0 Å². The molecule has 1 N–H and O–H groups in total. The number of aromatic nitrogens is 2. The van der Waals surface area contributed by atoms with Gasteiger partial charge in [0.25, 0.3) is 0 Å². The topological polar surface area (TPSA) is 28.7 Å². The van der Waals surface area contributed by atoms with E-state index in [1.54, 1.807) is 11.3 Å². The second-order valence-electron chi connectivity index (χ2n) is 4.65. The Labute approximate surface area is 127 Å². The quantitative estimate of drug-likeness (QED) is 0.685. The summed E-state index contributed by atoms with van der Waals surface area (Å²) in [7, 11) is 0. The zero-order valence-corrected chi connectivity index (χ0v) is 12.8. The van der Waals surface area contributed by atoms with E-state index in [4.69, 9.17) is 16.6 Å². The number of halogens is 1. The van der Waals surface area contributed by atoms with Gasteiger partial charge in [-0.2, -0.15) is 0 Å². The molecule has 20 heavy (non-hydrogen) atoms. The third kappa shape index (κ3) is 2.65. The van der Waals surface area contributed by atoms with Gasteiger partial charge in [0.15, 0.2) is 0 Å². The molecular formula is C16H15ClN2S. The lowest BCUT2D eigenvalue weighted by Crippen LogP contribution is -1.87. The molecule has 0 aliphatic carbocycles. The molecule has 0 bridgehead atoms. The molecule has 0 amide bonds. The summed E-state index contributed by atoms with van der Waals surface area (Å²) in [6.45, 7) is 2.17. The molecule has 0 saturated carbocycles. The van der Waals surface area contributed by atoms with E-state index in [1.165, 1.54) is 5.56 Å². The number of imidazole rings is 1. The summed E-state index contributed by atoms with van der Waals surface area (Å²) in [6.07, 6.45) is 2.05. The van der Waals surface area contributed by atoms with E-state index in [1.807, 2.05) is 29.6 Å². The molecule has 3 aromatic rings. The second-order valence-corrected chi connectivity index (χ2v) is 6.00. The molecule has 1 aromatic carbocycles. The van der Waals surface area contributed by atoms with Crippen molar-refractivity contribution in [1.29, 1.82) is 0 Å². The minimum Gasteiger partial charge on any atom is -0.337 e. The molecule has 2 aromatic heterocycles. The van der Waals surface area contributed by atoms with Crippen molar-refractivity contribution in [3.05, 3.63) is 52.5 Å². The van der Waals surface area contributed by atoms with E-state index < -0.39 is 0 Å². The summed E-state index contributed by atoms with van der Waals surface area (Å²) >= 11 is 7.62. The molecule has 2 nitrogen and oxygen atoms in total. The second kappa shape index (κ2) is 5.81. The molecule has 0 unspecified atom stereocenters. The van der Waals surface area contributed by atoms with Crippen LogP contribution in [0, 0.1) is 0 Å². The molecule has 0 fully saturated rings. The van der Waals surface area contributed by atoms with Crippen LogP contribution < -0.4 is 0 Å². The third-order valence-electron chi connectivity index (χ3n) is 3.13. The van der Waals surface area contributed by atoms with Crippen LogP contribution in [0.25, 0.3) is 22.0 Å². The Kier molecular flexibility index (Phi) is 3.90. The summed E-state index contributed by atoms with van der Waals surface area (Å²) in [5.74, 6) is 0.907. The first-order valence-corrected chi connectivity index (χ1v) is 7.92. The SMILES string of the molecule is CCCc1nc(-c2cc(Cl)cs2)[nH]c1-c1ccccc1. The molecule has 3 rings (SSSR count). The zero-order valence-electron chi connectivity index (χ0n) is 11.2. The molecule has 0 atom stereocenters. The van der Waals surface area contributed by atoms with Crippen LogP contribution >= 0.6 is 22.9 Å². The Bertz CT molecular complexity index is 700. The van der Waals surface area contributed by atoms with Gasteiger partial charge in [-0.25, -0.2) is 4.98 Å². The maximum Gasteiger partial charge on any atom is 0.148 e. The van der Waals surface area contributed by atoms with E-state index in [9.17, 15) is 0 Å². The van der Waals surface area contributed by atoms with E-state index >= 15 is 0 Å². The summed E-state index contributed by atoms with van der Waals surface area (Å²) in [5, 5.41) is 2.70. The van der Waals surface area contributed by atoms with Crippen LogP contribution in [0.2, 0.25) is 5.02 Å². The van der Waals surface area contributed by atoms with E-state index in [0.29, 0.717) is 0 Å². The number of rotatable bonds is 4. The Morgan fingerprint density at radius 3 is 2.70 bits per heavy atom. The summed E-state index contributed by atoms with van der Waals surface area (Å²) < 4.78 is 0. The smallest absolute Gasteiger partial charge is 0.148 e. The lowest BCUT2D eigenvalue weighted by Gasteiger charge is -2.00. The highest BCUT2D eigenvalue weighted by molar-refractivity contribution is 7.14. The third-order valence-corrected chi connectivity index (χ3v) is 4.41. The van der Waals surface area contributed by atoms with Crippen LogP contribution in [0.5, 0.6) is 0 Å². The number of nitrogens with one attached hydrogen (secondary N) is 1. The first-order chi connectivity index (χ1) is 9.78. The maximum absolute atomic E-state index is 6.00. The first kappa shape index (κ1) is 13.4. The van der Waals surface area contributed by atoms with Gasteiger partial charge in [-0.3, -0.25) is 0 Å². The van der Waals surface area contributed by atoms with Crippen molar-refractivity contribution in [2.75, 3.05) is 0 Å². The molecule has 4 heteroatoms. The minimum atomic E-state index is 0.764. The molecule has 0 aliphatic rings.